The third kappa shape index (κ3) is 5.21. The van der Waals surface area contributed by atoms with Gasteiger partial charge in [-0.1, -0.05) is 0 Å². The van der Waals surface area contributed by atoms with Crippen molar-refractivity contribution in [3.8, 4) is 0 Å². The second kappa shape index (κ2) is 8.74. The highest BCUT2D eigenvalue weighted by molar-refractivity contribution is 5.76. The van der Waals surface area contributed by atoms with E-state index in [9.17, 15) is 9.90 Å². The van der Waals surface area contributed by atoms with Gasteiger partial charge in [0.25, 0.3) is 0 Å². The van der Waals surface area contributed by atoms with E-state index >= 15 is 0 Å². The van der Waals surface area contributed by atoms with E-state index in [0.717, 1.165) is 51.5 Å². The molecule has 4 atom stereocenters. The van der Waals surface area contributed by atoms with Gasteiger partial charge in [-0.2, -0.15) is 0 Å². The van der Waals surface area contributed by atoms with Gasteiger partial charge in [-0.05, 0) is 38.6 Å². The van der Waals surface area contributed by atoms with Crippen molar-refractivity contribution in [2.75, 3.05) is 59.5 Å². The number of β-amino-alcohol motifs (C(OH)–C–C–N with tert-alkyl or cyclic N) is 1. The smallest absolute Gasteiger partial charge is 0.225 e. The Morgan fingerprint density at radius 1 is 1.07 bits per heavy atom. The lowest BCUT2D eigenvalue weighted by atomic mass is 9.94. The van der Waals surface area contributed by atoms with Crippen LogP contribution in [0.1, 0.15) is 32.1 Å². The molecule has 0 bridgehead atoms. The van der Waals surface area contributed by atoms with E-state index in [1.807, 2.05) is 4.90 Å². The minimum atomic E-state index is -0.416. The molecule has 1 aliphatic carbocycles. The van der Waals surface area contributed by atoms with Gasteiger partial charge in [-0.15, -0.1) is 0 Å². The number of rotatable bonds is 4. The molecule has 3 heterocycles. The van der Waals surface area contributed by atoms with Gasteiger partial charge in [-0.25, -0.2) is 0 Å². The SMILES string of the molecule is CN1CCN(C(=O)C[C@H]2CC[C@H]3[C@@H](COC[C@H](O)CN3CC3CC3)O2)CC1. The van der Waals surface area contributed by atoms with Crippen LogP contribution < -0.4 is 0 Å². The predicted molar refractivity (Wildman–Crippen MR) is 101 cm³/mol. The fourth-order valence-electron chi connectivity index (χ4n) is 4.67. The van der Waals surface area contributed by atoms with Gasteiger partial charge in [0.05, 0.1) is 37.9 Å². The topological polar surface area (TPSA) is 65.5 Å². The first-order valence-corrected chi connectivity index (χ1v) is 10.7. The molecule has 7 nitrogen and oxygen atoms in total. The molecule has 4 fully saturated rings. The lowest BCUT2D eigenvalue weighted by Gasteiger charge is -2.45. The number of aliphatic hydroxyl groups is 1. The summed E-state index contributed by atoms with van der Waals surface area (Å²) in [5, 5.41) is 10.2. The number of likely N-dealkylation sites (N-methyl/N-ethyl adjacent to an activating group) is 1. The van der Waals surface area contributed by atoms with Crippen LogP contribution in [-0.2, 0) is 14.3 Å². The van der Waals surface area contributed by atoms with Crippen LogP contribution in [-0.4, -0.2) is 110 Å². The fourth-order valence-corrected chi connectivity index (χ4v) is 4.67. The van der Waals surface area contributed by atoms with E-state index in [0.29, 0.717) is 32.2 Å². The van der Waals surface area contributed by atoms with Gasteiger partial charge in [0.15, 0.2) is 0 Å². The number of nitrogens with zero attached hydrogens (tertiary/aromatic N) is 3. The molecular formula is C20H35N3O4. The molecule has 0 radical (unpaired) electrons. The molecule has 0 spiro atoms. The summed E-state index contributed by atoms with van der Waals surface area (Å²) in [4.78, 5) is 19.4. The van der Waals surface area contributed by atoms with E-state index in [1.54, 1.807) is 0 Å². The van der Waals surface area contributed by atoms with E-state index in [-0.39, 0.29) is 18.1 Å². The predicted octanol–water partition coefficient (Wildman–Crippen LogP) is 0.170. The number of piperazine rings is 1. The molecule has 0 aromatic rings. The van der Waals surface area contributed by atoms with Gasteiger partial charge < -0.3 is 24.4 Å². The van der Waals surface area contributed by atoms with E-state index < -0.39 is 6.10 Å². The second-order valence-corrected chi connectivity index (χ2v) is 8.92. The molecule has 0 aromatic heterocycles. The highest BCUT2D eigenvalue weighted by Crippen LogP contribution is 2.34. The molecule has 1 saturated carbocycles. The first kappa shape index (κ1) is 19.6. The van der Waals surface area contributed by atoms with Crippen molar-refractivity contribution in [1.29, 1.82) is 0 Å². The molecule has 154 valence electrons. The number of carbonyl (C=O) groups is 1. The van der Waals surface area contributed by atoms with Crippen LogP contribution in [0, 0.1) is 5.92 Å². The van der Waals surface area contributed by atoms with E-state index in [1.165, 1.54) is 12.8 Å². The Bertz CT molecular complexity index is 507. The minimum absolute atomic E-state index is 0.00543. The number of hydrogen-bond acceptors (Lipinski definition) is 6. The summed E-state index contributed by atoms with van der Waals surface area (Å²) in [7, 11) is 2.10. The molecule has 3 saturated heterocycles. The van der Waals surface area contributed by atoms with Crippen LogP contribution in [0.3, 0.4) is 0 Å². The maximum atomic E-state index is 12.7. The Hall–Kier alpha value is -0.730. The normalized spacial score (nSPS) is 36.7. The average Bonchev–Trinajstić information content (AvgIpc) is 3.45. The maximum absolute atomic E-state index is 12.7. The number of ether oxygens (including phenoxy) is 2. The number of hydrogen-bond donors (Lipinski definition) is 1. The monoisotopic (exact) mass is 381 g/mol. The molecule has 3 aliphatic heterocycles. The molecule has 4 aliphatic rings. The average molecular weight is 382 g/mol. The largest absolute Gasteiger partial charge is 0.389 e. The van der Waals surface area contributed by atoms with Crippen molar-refractivity contribution in [1.82, 2.24) is 14.7 Å². The fraction of sp³-hybridized carbons (Fsp3) is 0.950. The number of aliphatic hydroxyl groups excluding tert-OH is 1. The number of amides is 1. The van der Waals surface area contributed by atoms with E-state index in [4.69, 9.17) is 9.47 Å². The first-order valence-electron chi connectivity index (χ1n) is 10.7. The van der Waals surface area contributed by atoms with Gasteiger partial charge in [0, 0.05) is 45.3 Å². The van der Waals surface area contributed by atoms with Gasteiger partial charge in [-0.3, -0.25) is 9.69 Å². The van der Waals surface area contributed by atoms with Crippen LogP contribution in [0.5, 0.6) is 0 Å². The Kier molecular flexibility index (Phi) is 6.34. The zero-order valence-corrected chi connectivity index (χ0v) is 16.6. The molecule has 27 heavy (non-hydrogen) atoms. The second-order valence-electron chi connectivity index (χ2n) is 8.92. The molecular weight excluding hydrogens is 346 g/mol. The summed E-state index contributed by atoms with van der Waals surface area (Å²) < 4.78 is 12.1. The zero-order valence-electron chi connectivity index (χ0n) is 16.6. The summed E-state index contributed by atoms with van der Waals surface area (Å²) >= 11 is 0. The van der Waals surface area contributed by atoms with Crippen molar-refractivity contribution in [3.05, 3.63) is 0 Å². The third-order valence-corrected chi connectivity index (χ3v) is 6.54. The molecule has 1 N–H and O–H groups in total. The van der Waals surface area contributed by atoms with Crippen molar-refractivity contribution in [2.24, 2.45) is 5.92 Å². The molecule has 1 amide bonds. The van der Waals surface area contributed by atoms with E-state index in [2.05, 4.69) is 16.8 Å². The van der Waals surface area contributed by atoms with Crippen molar-refractivity contribution >= 4 is 5.91 Å². The van der Waals surface area contributed by atoms with Gasteiger partial charge >= 0.3 is 0 Å². The van der Waals surface area contributed by atoms with Crippen LogP contribution in [0.15, 0.2) is 0 Å². The quantitative estimate of drug-likeness (QED) is 0.749. The maximum Gasteiger partial charge on any atom is 0.225 e. The molecule has 7 heteroatoms. The van der Waals surface area contributed by atoms with Crippen LogP contribution >= 0.6 is 0 Å². The number of fused-ring (bicyclic) bond motifs is 1. The Balaban J connectivity index is 1.32. The summed E-state index contributed by atoms with van der Waals surface area (Å²) in [6.45, 7) is 6.18. The minimum Gasteiger partial charge on any atom is -0.389 e. The highest BCUT2D eigenvalue weighted by atomic mass is 16.5. The van der Waals surface area contributed by atoms with Crippen molar-refractivity contribution in [3.63, 3.8) is 0 Å². The van der Waals surface area contributed by atoms with Crippen LogP contribution in [0.4, 0.5) is 0 Å². The van der Waals surface area contributed by atoms with Gasteiger partial charge in [0.1, 0.15) is 0 Å². The number of carbonyl (C=O) groups excluding carboxylic acids is 1. The summed E-state index contributed by atoms with van der Waals surface area (Å²) in [6, 6.07) is 0.301. The Morgan fingerprint density at radius 3 is 2.59 bits per heavy atom. The third-order valence-electron chi connectivity index (χ3n) is 6.54. The van der Waals surface area contributed by atoms with Gasteiger partial charge in [0.2, 0.25) is 5.91 Å². The van der Waals surface area contributed by atoms with Crippen molar-refractivity contribution in [2.45, 2.75) is 56.5 Å². The molecule has 0 unspecified atom stereocenters. The summed E-state index contributed by atoms with van der Waals surface area (Å²) in [5.74, 6) is 1.01. The standard InChI is InChI=1S/C20H35N3O4/c1-21-6-8-22(9-7-21)20(25)10-17-4-5-18-19(27-17)14-26-13-16(24)12-23(18)11-15-2-3-15/h15-19,24H,2-14H2,1H3/t16-,17-,18+,19-/m1/s1. The highest BCUT2D eigenvalue weighted by Gasteiger charge is 2.40. The summed E-state index contributed by atoms with van der Waals surface area (Å²) in [6.07, 6.45) is 4.63. The van der Waals surface area contributed by atoms with Crippen LogP contribution in [0.25, 0.3) is 0 Å². The first-order chi connectivity index (χ1) is 13.1. The lowest BCUT2D eigenvalue weighted by molar-refractivity contribution is -0.161. The lowest BCUT2D eigenvalue weighted by Crippen LogP contribution is -2.56. The Labute approximate surface area is 162 Å². The molecule has 0 aromatic carbocycles. The Morgan fingerprint density at radius 2 is 1.85 bits per heavy atom. The molecule has 4 rings (SSSR count). The summed E-state index contributed by atoms with van der Waals surface area (Å²) in [5.41, 5.74) is 0. The van der Waals surface area contributed by atoms with Crippen molar-refractivity contribution < 1.29 is 19.4 Å². The zero-order chi connectivity index (χ0) is 18.8. The van der Waals surface area contributed by atoms with Crippen LogP contribution in [0.2, 0.25) is 0 Å².